The van der Waals surface area contributed by atoms with E-state index in [9.17, 15) is 4.79 Å². The van der Waals surface area contributed by atoms with Crippen LogP contribution in [0, 0.1) is 0 Å². The van der Waals surface area contributed by atoms with Gasteiger partial charge in [-0.3, -0.25) is 0 Å². The zero-order valence-corrected chi connectivity index (χ0v) is 11.6. The molecular weight excluding hydrogens is 226 g/mol. The first kappa shape index (κ1) is 13.7. The van der Waals surface area contributed by atoms with Crippen LogP contribution in [0.2, 0.25) is 0 Å². The highest BCUT2D eigenvalue weighted by Crippen LogP contribution is 2.32. The molecule has 2 amide bonds. The second-order valence-corrected chi connectivity index (χ2v) is 5.98. The zero-order chi connectivity index (χ0) is 13.0. The van der Waals surface area contributed by atoms with Crippen molar-refractivity contribution in [3.63, 3.8) is 0 Å². The minimum Gasteiger partial charge on any atom is -0.335 e. The number of urea groups is 1. The summed E-state index contributed by atoms with van der Waals surface area (Å²) in [6, 6.07) is 0.465. The molecule has 2 fully saturated rings. The van der Waals surface area contributed by atoms with Gasteiger partial charge < -0.3 is 16.0 Å². The molecule has 104 valence electrons. The van der Waals surface area contributed by atoms with E-state index in [1.54, 1.807) is 0 Å². The Labute approximate surface area is 110 Å². The SMILES string of the molecule is CN(C(=O)NC1CCCC1)C1(CN)CCCCC1. The highest BCUT2D eigenvalue weighted by molar-refractivity contribution is 5.75. The van der Waals surface area contributed by atoms with Crippen molar-refractivity contribution in [3.8, 4) is 0 Å². The third kappa shape index (κ3) is 2.79. The summed E-state index contributed by atoms with van der Waals surface area (Å²) in [5.41, 5.74) is 5.87. The van der Waals surface area contributed by atoms with E-state index in [-0.39, 0.29) is 11.6 Å². The number of rotatable bonds is 3. The highest BCUT2D eigenvalue weighted by Gasteiger charge is 2.37. The Bertz CT molecular complexity index is 281. The first-order valence-electron chi connectivity index (χ1n) is 7.42. The molecule has 0 saturated heterocycles. The minimum atomic E-state index is -0.0963. The summed E-state index contributed by atoms with van der Waals surface area (Å²) in [4.78, 5) is 14.2. The predicted molar refractivity (Wildman–Crippen MR) is 73.4 cm³/mol. The molecule has 0 atom stereocenters. The lowest BCUT2D eigenvalue weighted by Crippen LogP contribution is -2.58. The molecule has 2 saturated carbocycles. The molecule has 2 aliphatic rings. The molecule has 0 unspecified atom stereocenters. The molecule has 4 heteroatoms. The van der Waals surface area contributed by atoms with Gasteiger partial charge in [0, 0.05) is 19.6 Å². The van der Waals surface area contributed by atoms with Crippen LogP contribution in [0.5, 0.6) is 0 Å². The van der Waals surface area contributed by atoms with Crippen LogP contribution in [-0.2, 0) is 0 Å². The Morgan fingerprint density at radius 3 is 2.39 bits per heavy atom. The monoisotopic (exact) mass is 253 g/mol. The lowest BCUT2D eigenvalue weighted by Gasteiger charge is -2.44. The second kappa shape index (κ2) is 5.91. The highest BCUT2D eigenvalue weighted by atomic mass is 16.2. The van der Waals surface area contributed by atoms with Crippen molar-refractivity contribution < 1.29 is 4.79 Å². The number of carbonyl (C=O) groups excluding carboxylic acids is 1. The molecule has 0 aliphatic heterocycles. The fourth-order valence-corrected chi connectivity index (χ4v) is 3.44. The predicted octanol–water partition coefficient (Wildman–Crippen LogP) is 2.23. The topological polar surface area (TPSA) is 58.4 Å². The second-order valence-electron chi connectivity index (χ2n) is 5.98. The van der Waals surface area contributed by atoms with Crippen molar-refractivity contribution >= 4 is 6.03 Å². The van der Waals surface area contributed by atoms with Crippen molar-refractivity contribution in [3.05, 3.63) is 0 Å². The van der Waals surface area contributed by atoms with Gasteiger partial charge in [0.05, 0.1) is 5.54 Å². The van der Waals surface area contributed by atoms with Crippen molar-refractivity contribution in [2.75, 3.05) is 13.6 Å². The molecule has 4 nitrogen and oxygen atoms in total. The minimum absolute atomic E-state index is 0.0780. The molecule has 0 radical (unpaired) electrons. The van der Waals surface area contributed by atoms with Crippen LogP contribution in [0.25, 0.3) is 0 Å². The van der Waals surface area contributed by atoms with Crippen molar-refractivity contribution in [2.45, 2.75) is 69.4 Å². The largest absolute Gasteiger partial charge is 0.335 e. The average Bonchev–Trinajstić information content (AvgIpc) is 2.91. The lowest BCUT2D eigenvalue weighted by molar-refractivity contribution is 0.102. The summed E-state index contributed by atoms with van der Waals surface area (Å²) < 4.78 is 0. The molecule has 0 spiro atoms. The van der Waals surface area contributed by atoms with Gasteiger partial charge in [-0.2, -0.15) is 0 Å². The van der Waals surface area contributed by atoms with Gasteiger partial charge in [-0.15, -0.1) is 0 Å². The summed E-state index contributed by atoms with van der Waals surface area (Å²) in [6.45, 7) is 0.585. The first-order valence-corrected chi connectivity index (χ1v) is 7.42. The Morgan fingerprint density at radius 2 is 1.83 bits per heavy atom. The average molecular weight is 253 g/mol. The molecule has 3 N–H and O–H groups in total. The van der Waals surface area contributed by atoms with E-state index in [0.717, 1.165) is 25.7 Å². The van der Waals surface area contributed by atoms with Crippen LogP contribution in [-0.4, -0.2) is 36.1 Å². The molecule has 0 aromatic heterocycles. The molecule has 0 heterocycles. The van der Waals surface area contributed by atoms with Gasteiger partial charge in [-0.25, -0.2) is 4.79 Å². The molecule has 2 aliphatic carbocycles. The fourth-order valence-electron chi connectivity index (χ4n) is 3.44. The number of nitrogens with zero attached hydrogens (tertiary/aromatic N) is 1. The Kier molecular flexibility index (Phi) is 4.49. The van der Waals surface area contributed by atoms with Gasteiger partial charge in [-0.1, -0.05) is 32.1 Å². The van der Waals surface area contributed by atoms with Gasteiger partial charge in [-0.05, 0) is 25.7 Å². The van der Waals surface area contributed by atoms with E-state index < -0.39 is 0 Å². The van der Waals surface area contributed by atoms with E-state index in [1.165, 1.54) is 32.1 Å². The third-order valence-corrected chi connectivity index (χ3v) is 4.86. The number of nitrogens with one attached hydrogen (secondary N) is 1. The van der Waals surface area contributed by atoms with Gasteiger partial charge in [0.2, 0.25) is 0 Å². The van der Waals surface area contributed by atoms with Crippen LogP contribution >= 0.6 is 0 Å². The van der Waals surface area contributed by atoms with Crippen molar-refractivity contribution in [1.29, 1.82) is 0 Å². The summed E-state index contributed by atoms with van der Waals surface area (Å²) >= 11 is 0. The molecule has 0 aromatic carbocycles. The maximum absolute atomic E-state index is 12.3. The standard InChI is InChI=1S/C14H27N3O/c1-17(13(18)16-12-7-3-4-8-12)14(11-15)9-5-2-6-10-14/h12H,2-11,15H2,1H3,(H,16,18). The van der Waals surface area contributed by atoms with E-state index in [2.05, 4.69) is 5.32 Å². The zero-order valence-electron chi connectivity index (χ0n) is 11.6. The number of amides is 2. The van der Waals surface area contributed by atoms with E-state index in [1.807, 2.05) is 11.9 Å². The molecular formula is C14H27N3O. The van der Waals surface area contributed by atoms with Crippen LogP contribution in [0.1, 0.15) is 57.8 Å². The van der Waals surface area contributed by atoms with Crippen LogP contribution < -0.4 is 11.1 Å². The van der Waals surface area contributed by atoms with E-state index in [4.69, 9.17) is 5.73 Å². The van der Waals surface area contributed by atoms with Crippen LogP contribution in [0.15, 0.2) is 0 Å². The normalized spacial score (nSPS) is 23.9. The maximum atomic E-state index is 12.3. The Morgan fingerprint density at radius 1 is 1.22 bits per heavy atom. The van der Waals surface area contributed by atoms with Crippen molar-refractivity contribution in [2.24, 2.45) is 5.73 Å². The number of nitrogens with two attached hydrogens (primary N) is 1. The summed E-state index contributed by atoms with van der Waals surface area (Å²) in [5.74, 6) is 0. The van der Waals surface area contributed by atoms with E-state index >= 15 is 0 Å². The molecule has 2 rings (SSSR count). The fraction of sp³-hybridized carbons (Fsp3) is 0.929. The summed E-state index contributed by atoms with van der Waals surface area (Å²) in [7, 11) is 1.92. The Hall–Kier alpha value is -0.770. The summed E-state index contributed by atoms with van der Waals surface area (Å²) in [5, 5.41) is 3.17. The van der Waals surface area contributed by atoms with Crippen molar-refractivity contribution in [1.82, 2.24) is 10.2 Å². The third-order valence-electron chi connectivity index (χ3n) is 4.86. The van der Waals surface area contributed by atoms with Crippen LogP contribution in [0.4, 0.5) is 4.79 Å². The number of hydrogen-bond acceptors (Lipinski definition) is 2. The van der Waals surface area contributed by atoms with Gasteiger partial charge in [0.1, 0.15) is 0 Å². The maximum Gasteiger partial charge on any atom is 0.317 e. The van der Waals surface area contributed by atoms with Gasteiger partial charge >= 0.3 is 6.03 Å². The lowest BCUT2D eigenvalue weighted by atomic mass is 9.80. The number of hydrogen-bond donors (Lipinski definition) is 2. The Balaban J connectivity index is 1.94. The quantitative estimate of drug-likeness (QED) is 0.810. The van der Waals surface area contributed by atoms with Gasteiger partial charge in [0.15, 0.2) is 0 Å². The number of carbonyl (C=O) groups is 1. The molecule has 18 heavy (non-hydrogen) atoms. The molecule has 0 bridgehead atoms. The first-order chi connectivity index (χ1) is 8.68. The summed E-state index contributed by atoms with van der Waals surface area (Å²) in [6.07, 6.45) is 10.5. The number of likely N-dealkylation sites (N-methyl/N-ethyl adjacent to an activating group) is 1. The van der Waals surface area contributed by atoms with Crippen LogP contribution in [0.3, 0.4) is 0 Å². The smallest absolute Gasteiger partial charge is 0.317 e. The van der Waals surface area contributed by atoms with Gasteiger partial charge in [0.25, 0.3) is 0 Å². The molecule has 0 aromatic rings. The van der Waals surface area contributed by atoms with E-state index in [0.29, 0.717) is 12.6 Å².